The maximum atomic E-state index is 12.9. The van der Waals surface area contributed by atoms with Crippen molar-refractivity contribution < 1.29 is 9.90 Å². The number of aliphatic hydroxyl groups is 1. The fraction of sp³-hybridized carbons (Fsp3) is 0.211. The summed E-state index contributed by atoms with van der Waals surface area (Å²) in [6, 6.07) is 16.8. The molecule has 2 aromatic rings. The standard InChI is InChI=1S/C19H18ClN3O2S2/c20-14-8-6-12(7-9-14)10-21-17(26)15-16(24)22-19(27)23(18(15)25)11-13-4-2-1-3-5-13/h1-9,15-16,24H,10-11H2,(H,21,26)(H,22,27). The molecule has 5 nitrogen and oxygen atoms in total. The minimum atomic E-state index is -1.16. The summed E-state index contributed by atoms with van der Waals surface area (Å²) in [5, 5.41) is 17.0. The number of benzene rings is 2. The van der Waals surface area contributed by atoms with E-state index in [0.717, 1.165) is 11.1 Å². The van der Waals surface area contributed by atoms with E-state index in [0.29, 0.717) is 18.1 Å². The Labute approximate surface area is 173 Å². The van der Waals surface area contributed by atoms with Crippen LogP contribution in [0.1, 0.15) is 11.1 Å². The fourth-order valence-corrected chi connectivity index (χ4v) is 3.47. The molecule has 1 amide bonds. The second kappa shape index (κ2) is 8.75. The molecule has 0 aromatic heterocycles. The summed E-state index contributed by atoms with van der Waals surface area (Å²) in [6.07, 6.45) is -1.16. The van der Waals surface area contributed by atoms with E-state index in [-0.39, 0.29) is 16.0 Å². The number of carbonyl (C=O) groups excluding carboxylic acids is 1. The van der Waals surface area contributed by atoms with Crippen LogP contribution < -0.4 is 10.6 Å². The number of thiocarbonyl (C=S) groups is 2. The largest absolute Gasteiger partial charge is 0.375 e. The Morgan fingerprint density at radius 2 is 1.81 bits per heavy atom. The molecular weight excluding hydrogens is 402 g/mol. The monoisotopic (exact) mass is 419 g/mol. The molecule has 3 N–H and O–H groups in total. The minimum Gasteiger partial charge on any atom is -0.375 e. The number of nitrogens with one attached hydrogen (secondary N) is 2. The van der Waals surface area contributed by atoms with Crippen molar-refractivity contribution in [2.45, 2.75) is 19.3 Å². The summed E-state index contributed by atoms with van der Waals surface area (Å²) in [6.45, 7) is 0.740. The molecule has 1 saturated heterocycles. The molecule has 1 aliphatic heterocycles. The lowest BCUT2D eigenvalue weighted by Gasteiger charge is -2.37. The maximum Gasteiger partial charge on any atom is 0.243 e. The summed E-state index contributed by atoms with van der Waals surface area (Å²) in [7, 11) is 0. The zero-order valence-electron chi connectivity index (χ0n) is 14.3. The Morgan fingerprint density at radius 1 is 1.15 bits per heavy atom. The molecule has 0 radical (unpaired) electrons. The predicted octanol–water partition coefficient (Wildman–Crippen LogP) is 2.61. The highest BCUT2D eigenvalue weighted by Gasteiger charge is 2.41. The lowest BCUT2D eigenvalue weighted by Crippen LogP contribution is -2.62. The molecule has 0 aliphatic carbocycles. The summed E-state index contributed by atoms with van der Waals surface area (Å²) < 4.78 is 0. The first-order valence-electron chi connectivity index (χ1n) is 8.32. The van der Waals surface area contributed by atoms with Crippen LogP contribution in [0.2, 0.25) is 5.02 Å². The summed E-state index contributed by atoms with van der Waals surface area (Å²) >= 11 is 16.5. The summed E-state index contributed by atoms with van der Waals surface area (Å²) in [5.41, 5.74) is 1.90. The molecule has 2 atom stereocenters. The van der Waals surface area contributed by atoms with Crippen LogP contribution in [0.5, 0.6) is 0 Å². The molecule has 1 fully saturated rings. The van der Waals surface area contributed by atoms with Gasteiger partial charge in [0.25, 0.3) is 0 Å². The van der Waals surface area contributed by atoms with Gasteiger partial charge >= 0.3 is 0 Å². The van der Waals surface area contributed by atoms with Gasteiger partial charge in [-0.25, -0.2) is 0 Å². The van der Waals surface area contributed by atoms with E-state index < -0.39 is 12.1 Å². The number of nitrogens with zero attached hydrogens (tertiary/aromatic N) is 1. The van der Waals surface area contributed by atoms with Crippen molar-refractivity contribution >= 4 is 52.0 Å². The van der Waals surface area contributed by atoms with Crippen molar-refractivity contribution in [1.29, 1.82) is 0 Å². The van der Waals surface area contributed by atoms with Crippen LogP contribution in [-0.4, -0.2) is 32.2 Å². The normalized spacial score (nSPS) is 19.6. The van der Waals surface area contributed by atoms with E-state index >= 15 is 0 Å². The lowest BCUT2D eigenvalue weighted by molar-refractivity contribution is -0.135. The Kier molecular flexibility index (Phi) is 6.38. The van der Waals surface area contributed by atoms with Gasteiger partial charge < -0.3 is 15.7 Å². The van der Waals surface area contributed by atoms with Gasteiger partial charge in [-0.3, -0.25) is 9.69 Å². The molecule has 0 bridgehead atoms. The molecule has 0 spiro atoms. The molecule has 1 aliphatic rings. The highest BCUT2D eigenvalue weighted by atomic mass is 35.5. The van der Waals surface area contributed by atoms with Gasteiger partial charge in [0.1, 0.15) is 12.1 Å². The van der Waals surface area contributed by atoms with Crippen LogP contribution in [0.3, 0.4) is 0 Å². The zero-order valence-corrected chi connectivity index (χ0v) is 16.7. The van der Waals surface area contributed by atoms with Crippen LogP contribution >= 0.6 is 36.0 Å². The van der Waals surface area contributed by atoms with E-state index in [1.54, 1.807) is 12.1 Å². The van der Waals surface area contributed by atoms with Gasteiger partial charge in [-0.15, -0.1) is 0 Å². The van der Waals surface area contributed by atoms with Gasteiger partial charge in [0.15, 0.2) is 5.11 Å². The average molecular weight is 420 g/mol. The van der Waals surface area contributed by atoms with Crippen LogP contribution in [0.4, 0.5) is 0 Å². The zero-order chi connectivity index (χ0) is 19.4. The van der Waals surface area contributed by atoms with Crippen LogP contribution in [0, 0.1) is 5.92 Å². The molecule has 2 aromatic carbocycles. The van der Waals surface area contributed by atoms with Crippen LogP contribution in [0.25, 0.3) is 0 Å². The first-order chi connectivity index (χ1) is 13.0. The number of amides is 1. The van der Waals surface area contributed by atoms with Gasteiger partial charge in [0.2, 0.25) is 5.91 Å². The SMILES string of the molecule is O=C1C(C(=S)NCc2ccc(Cl)cc2)C(O)NC(=S)N1Cc1ccccc1. The number of carbonyl (C=O) groups is 1. The van der Waals surface area contributed by atoms with Gasteiger partial charge in [0.05, 0.1) is 11.5 Å². The first kappa shape index (κ1) is 19.7. The quantitative estimate of drug-likeness (QED) is 0.647. The van der Waals surface area contributed by atoms with Gasteiger partial charge in [-0.05, 0) is 35.5 Å². The predicted molar refractivity (Wildman–Crippen MR) is 113 cm³/mol. The van der Waals surface area contributed by atoms with E-state index in [2.05, 4.69) is 10.6 Å². The lowest BCUT2D eigenvalue weighted by atomic mass is 10.0. The van der Waals surface area contributed by atoms with Gasteiger partial charge in [-0.2, -0.15) is 0 Å². The molecule has 1 heterocycles. The van der Waals surface area contributed by atoms with E-state index in [4.69, 9.17) is 36.0 Å². The number of hydrogen-bond acceptors (Lipinski definition) is 4. The van der Waals surface area contributed by atoms with Crippen molar-refractivity contribution in [3.63, 3.8) is 0 Å². The fourth-order valence-electron chi connectivity index (χ4n) is 2.76. The second-order valence-electron chi connectivity index (χ2n) is 6.13. The molecule has 8 heteroatoms. The molecule has 27 heavy (non-hydrogen) atoms. The summed E-state index contributed by atoms with van der Waals surface area (Å²) in [4.78, 5) is 14.6. The van der Waals surface area contributed by atoms with Crippen molar-refractivity contribution in [2.75, 3.05) is 0 Å². The van der Waals surface area contributed by atoms with Gasteiger partial charge in [0, 0.05) is 11.6 Å². The third kappa shape index (κ3) is 4.81. The smallest absolute Gasteiger partial charge is 0.243 e. The highest BCUT2D eigenvalue weighted by molar-refractivity contribution is 7.80. The highest BCUT2D eigenvalue weighted by Crippen LogP contribution is 2.18. The second-order valence-corrected chi connectivity index (χ2v) is 7.39. The third-order valence-corrected chi connectivity index (χ3v) is 5.20. The van der Waals surface area contributed by atoms with E-state index in [1.165, 1.54) is 4.90 Å². The average Bonchev–Trinajstić information content (AvgIpc) is 2.65. The topological polar surface area (TPSA) is 64.6 Å². The van der Waals surface area contributed by atoms with Gasteiger partial charge in [-0.1, -0.05) is 66.3 Å². The molecule has 3 rings (SSSR count). The Balaban J connectivity index is 1.69. The summed E-state index contributed by atoms with van der Waals surface area (Å²) in [5.74, 6) is -1.24. The van der Waals surface area contributed by atoms with Crippen molar-refractivity contribution in [3.8, 4) is 0 Å². The Hall–Kier alpha value is -2.06. The van der Waals surface area contributed by atoms with Crippen LogP contribution in [-0.2, 0) is 17.9 Å². The number of halogens is 1. The number of rotatable bonds is 5. The maximum absolute atomic E-state index is 12.9. The molecule has 0 saturated carbocycles. The van der Waals surface area contributed by atoms with E-state index in [1.807, 2.05) is 42.5 Å². The van der Waals surface area contributed by atoms with Crippen LogP contribution in [0.15, 0.2) is 54.6 Å². The molecular formula is C19H18ClN3O2S2. The Bertz CT molecular complexity index is 846. The Morgan fingerprint density at radius 3 is 2.48 bits per heavy atom. The molecule has 140 valence electrons. The molecule has 2 unspecified atom stereocenters. The van der Waals surface area contributed by atoms with Crippen molar-refractivity contribution in [1.82, 2.24) is 15.5 Å². The van der Waals surface area contributed by atoms with Crippen molar-refractivity contribution in [3.05, 3.63) is 70.7 Å². The number of hydrogen-bond donors (Lipinski definition) is 3. The van der Waals surface area contributed by atoms with E-state index in [9.17, 15) is 9.90 Å². The number of aliphatic hydroxyl groups excluding tert-OH is 1. The minimum absolute atomic E-state index is 0.188. The first-order valence-corrected chi connectivity index (χ1v) is 9.51. The van der Waals surface area contributed by atoms with Crippen molar-refractivity contribution in [2.24, 2.45) is 5.92 Å². The third-order valence-electron chi connectivity index (χ3n) is 4.21.